The van der Waals surface area contributed by atoms with E-state index in [1.165, 1.54) is 0 Å². The van der Waals surface area contributed by atoms with Crippen molar-refractivity contribution in [1.29, 1.82) is 0 Å². The van der Waals surface area contributed by atoms with E-state index in [9.17, 15) is 4.79 Å². The van der Waals surface area contributed by atoms with Gasteiger partial charge in [-0.25, -0.2) is 0 Å². The highest BCUT2D eigenvalue weighted by molar-refractivity contribution is 6.42. The minimum Gasteiger partial charge on any atom is -0.493 e. The Bertz CT molecular complexity index is 752. The zero-order valence-corrected chi connectivity index (χ0v) is 15.6. The number of ether oxygens (including phenoxy) is 3. The van der Waals surface area contributed by atoms with E-state index in [2.05, 4.69) is 5.32 Å². The first-order valence-electron chi connectivity index (χ1n) is 7.53. The van der Waals surface area contributed by atoms with Crippen molar-refractivity contribution in [1.82, 2.24) is 5.32 Å². The quantitative estimate of drug-likeness (QED) is 0.775. The molecule has 0 aliphatic heterocycles. The molecule has 1 unspecified atom stereocenters. The molecule has 2 aromatic rings. The number of benzene rings is 2. The number of hydrogen-bond donors (Lipinski definition) is 1. The van der Waals surface area contributed by atoms with Gasteiger partial charge in [-0.05, 0) is 36.8 Å². The molecule has 0 spiro atoms. The van der Waals surface area contributed by atoms with Gasteiger partial charge in [-0.3, -0.25) is 4.79 Å². The van der Waals surface area contributed by atoms with Crippen LogP contribution in [0.4, 0.5) is 0 Å². The molecule has 1 amide bonds. The number of halogens is 2. The van der Waals surface area contributed by atoms with Crippen molar-refractivity contribution in [2.24, 2.45) is 0 Å². The van der Waals surface area contributed by atoms with Gasteiger partial charge in [0.05, 0.1) is 30.3 Å². The first-order chi connectivity index (χ1) is 11.9. The van der Waals surface area contributed by atoms with Crippen molar-refractivity contribution in [3.05, 3.63) is 52.0 Å². The van der Waals surface area contributed by atoms with Crippen LogP contribution in [-0.4, -0.2) is 26.7 Å². The van der Waals surface area contributed by atoms with Crippen molar-refractivity contribution < 1.29 is 19.0 Å². The molecule has 0 bridgehead atoms. The summed E-state index contributed by atoms with van der Waals surface area (Å²) in [7, 11) is 3.14. The summed E-state index contributed by atoms with van der Waals surface area (Å²) in [5.41, 5.74) is 0.889. The summed E-state index contributed by atoms with van der Waals surface area (Å²) in [6.45, 7) is 1.74. The van der Waals surface area contributed by atoms with Crippen molar-refractivity contribution in [3.63, 3.8) is 0 Å². The molecule has 7 heteroatoms. The third-order valence-corrected chi connectivity index (χ3v) is 4.29. The molecule has 1 N–H and O–H groups in total. The third kappa shape index (κ3) is 5.18. The molecule has 0 aromatic heterocycles. The Labute approximate surface area is 156 Å². The highest BCUT2D eigenvalue weighted by Gasteiger charge is 2.13. The van der Waals surface area contributed by atoms with E-state index in [4.69, 9.17) is 37.4 Å². The normalized spacial score (nSPS) is 11.6. The van der Waals surface area contributed by atoms with Gasteiger partial charge in [-0.15, -0.1) is 0 Å². The Kier molecular flexibility index (Phi) is 6.79. The van der Waals surface area contributed by atoms with Crippen LogP contribution in [-0.2, 0) is 4.79 Å². The van der Waals surface area contributed by atoms with Gasteiger partial charge in [0.15, 0.2) is 18.1 Å². The summed E-state index contributed by atoms with van der Waals surface area (Å²) in [4.78, 5) is 12.1. The van der Waals surface area contributed by atoms with Gasteiger partial charge in [-0.1, -0.05) is 29.3 Å². The fraction of sp³-hybridized carbons (Fsp3) is 0.278. The minimum absolute atomic E-state index is 0.129. The van der Waals surface area contributed by atoms with E-state index in [-0.39, 0.29) is 18.6 Å². The summed E-state index contributed by atoms with van der Waals surface area (Å²) in [5, 5.41) is 3.67. The maximum atomic E-state index is 12.1. The van der Waals surface area contributed by atoms with Gasteiger partial charge in [0, 0.05) is 6.07 Å². The lowest BCUT2D eigenvalue weighted by Gasteiger charge is -2.17. The lowest BCUT2D eigenvalue weighted by atomic mass is 10.1. The molecule has 0 aliphatic carbocycles. The zero-order chi connectivity index (χ0) is 18.4. The molecule has 25 heavy (non-hydrogen) atoms. The molecule has 0 radical (unpaired) electrons. The molecule has 0 saturated carbocycles. The fourth-order valence-electron chi connectivity index (χ4n) is 2.20. The number of hydrogen-bond acceptors (Lipinski definition) is 4. The number of nitrogens with one attached hydrogen (secondary N) is 1. The molecule has 0 fully saturated rings. The number of carbonyl (C=O) groups is 1. The molecule has 2 aromatic carbocycles. The highest BCUT2D eigenvalue weighted by Crippen LogP contribution is 2.30. The molecule has 1 atom stereocenters. The third-order valence-electron chi connectivity index (χ3n) is 3.55. The predicted molar refractivity (Wildman–Crippen MR) is 98.1 cm³/mol. The Morgan fingerprint density at radius 3 is 2.40 bits per heavy atom. The topological polar surface area (TPSA) is 56.8 Å². The van der Waals surface area contributed by atoms with E-state index < -0.39 is 0 Å². The summed E-state index contributed by atoms with van der Waals surface area (Å²) in [5.74, 6) is 1.46. The van der Waals surface area contributed by atoms with Crippen LogP contribution in [0.5, 0.6) is 17.2 Å². The summed E-state index contributed by atoms with van der Waals surface area (Å²) < 4.78 is 15.9. The standard InChI is InChI=1S/C18H19Cl2NO4/c1-11(12-4-7-16(23-2)17(8-12)24-3)21-18(22)10-25-13-5-6-14(19)15(20)9-13/h4-9,11H,10H2,1-3H3,(H,21,22). The van der Waals surface area contributed by atoms with Crippen LogP contribution in [0.2, 0.25) is 10.0 Å². The second kappa shape index (κ2) is 8.83. The van der Waals surface area contributed by atoms with E-state index in [1.54, 1.807) is 38.5 Å². The SMILES string of the molecule is COc1ccc(C(C)NC(=O)COc2ccc(Cl)c(Cl)c2)cc1OC. The fourth-order valence-corrected chi connectivity index (χ4v) is 2.49. The average molecular weight is 384 g/mol. The van der Waals surface area contributed by atoms with Crippen molar-refractivity contribution in [2.45, 2.75) is 13.0 Å². The molecule has 5 nitrogen and oxygen atoms in total. The Hall–Kier alpha value is -2.11. The monoisotopic (exact) mass is 383 g/mol. The lowest BCUT2D eigenvalue weighted by molar-refractivity contribution is -0.123. The molecular weight excluding hydrogens is 365 g/mol. The Balaban J connectivity index is 1.94. The van der Waals surface area contributed by atoms with Crippen LogP contribution in [0.25, 0.3) is 0 Å². The smallest absolute Gasteiger partial charge is 0.258 e. The predicted octanol–water partition coefficient (Wildman–Crippen LogP) is 4.27. The highest BCUT2D eigenvalue weighted by atomic mass is 35.5. The largest absolute Gasteiger partial charge is 0.493 e. The summed E-state index contributed by atoms with van der Waals surface area (Å²) in [6.07, 6.45) is 0. The van der Waals surface area contributed by atoms with Crippen molar-refractivity contribution in [3.8, 4) is 17.2 Å². The number of methoxy groups -OCH3 is 2. The van der Waals surface area contributed by atoms with E-state index >= 15 is 0 Å². The number of carbonyl (C=O) groups excluding carboxylic acids is 1. The first-order valence-corrected chi connectivity index (χ1v) is 8.29. The Morgan fingerprint density at radius 1 is 1.04 bits per heavy atom. The van der Waals surface area contributed by atoms with Crippen LogP contribution in [0.3, 0.4) is 0 Å². The summed E-state index contributed by atoms with van der Waals surface area (Å²) in [6, 6.07) is 10.1. The molecule has 0 heterocycles. The minimum atomic E-state index is -0.256. The van der Waals surface area contributed by atoms with Gasteiger partial charge < -0.3 is 19.5 Å². The Morgan fingerprint density at radius 2 is 1.76 bits per heavy atom. The van der Waals surface area contributed by atoms with Gasteiger partial charge in [-0.2, -0.15) is 0 Å². The molecular formula is C18H19Cl2NO4. The van der Waals surface area contributed by atoms with Crippen LogP contribution in [0.1, 0.15) is 18.5 Å². The maximum absolute atomic E-state index is 12.1. The van der Waals surface area contributed by atoms with Crippen molar-refractivity contribution >= 4 is 29.1 Å². The van der Waals surface area contributed by atoms with Gasteiger partial charge in [0.2, 0.25) is 0 Å². The van der Waals surface area contributed by atoms with E-state index in [0.717, 1.165) is 5.56 Å². The zero-order valence-electron chi connectivity index (χ0n) is 14.1. The lowest BCUT2D eigenvalue weighted by Crippen LogP contribution is -2.31. The second-order valence-electron chi connectivity index (χ2n) is 5.27. The van der Waals surface area contributed by atoms with Gasteiger partial charge in [0.1, 0.15) is 5.75 Å². The number of amides is 1. The van der Waals surface area contributed by atoms with Gasteiger partial charge in [0.25, 0.3) is 5.91 Å². The van der Waals surface area contributed by atoms with Crippen LogP contribution >= 0.6 is 23.2 Å². The molecule has 0 saturated heterocycles. The van der Waals surface area contributed by atoms with E-state index in [1.807, 2.05) is 19.1 Å². The first kappa shape index (κ1) is 19.2. The van der Waals surface area contributed by atoms with Gasteiger partial charge >= 0.3 is 0 Å². The number of rotatable bonds is 7. The summed E-state index contributed by atoms with van der Waals surface area (Å²) >= 11 is 11.8. The van der Waals surface area contributed by atoms with Crippen LogP contribution < -0.4 is 19.5 Å². The average Bonchev–Trinajstić information content (AvgIpc) is 2.62. The molecule has 0 aliphatic rings. The van der Waals surface area contributed by atoms with E-state index in [0.29, 0.717) is 27.3 Å². The second-order valence-corrected chi connectivity index (χ2v) is 6.08. The molecule has 2 rings (SSSR count). The van der Waals surface area contributed by atoms with Crippen LogP contribution in [0.15, 0.2) is 36.4 Å². The van der Waals surface area contributed by atoms with Crippen LogP contribution in [0, 0.1) is 0 Å². The molecule has 134 valence electrons. The maximum Gasteiger partial charge on any atom is 0.258 e. The van der Waals surface area contributed by atoms with Crippen molar-refractivity contribution in [2.75, 3.05) is 20.8 Å².